The first kappa shape index (κ1) is 21.9. The van der Waals surface area contributed by atoms with Crippen molar-refractivity contribution in [3.63, 3.8) is 0 Å². The van der Waals surface area contributed by atoms with Crippen molar-refractivity contribution in [2.75, 3.05) is 20.2 Å². The van der Waals surface area contributed by atoms with E-state index in [1.54, 1.807) is 11.8 Å². The zero-order valence-electron chi connectivity index (χ0n) is 20.1. The summed E-state index contributed by atoms with van der Waals surface area (Å²) < 4.78 is 14.0. The van der Waals surface area contributed by atoms with Crippen LogP contribution in [0.4, 0.5) is 0 Å². The van der Waals surface area contributed by atoms with Crippen LogP contribution in [-0.4, -0.2) is 57.0 Å². The number of allylic oxidation sites excluding steroid dienone is 1. The molecule has 1 N–H and O–H groups in total. The molecular formula is C27H29N5O3. The molecular weight excluding hydrogens is 442 g/mol. The summed E-state index contributed by atoms with van der Waals surface area (Å²) >= 11 is 0. The van der Waals surface area contributed by atoms with Gasteiger partial charge in [0.1, 0.15) is 23.1 Å². The number of aromatic amines is 1. The Bertz CT molecular complexity index is 1500. The SMILES string of the molecule is C=CCCc1cc2c3nc(c(OC)nc3c1)-c1cccc3c(=O)n([nH]c13)CCN1C[C@H](C[C@H]1C)O2. The van der Waals surface area contributed by atoms with E-state index in [4.69, 9.17) is 19.4 Å². The molecule has 0 amide bonds. The van der Waals surface area contributed by atoms with E-state index in [1.807, 2.05) is 24.3 Å². The Morgan fingerprint density at radius 2 is 2.17 bits per heavy atom. The van der Waals surface area contributed by atoms with Crippen molar-refractivity contribution in [1.82, 2.24) is 24.6 Å². The van der Waals surface area contributed by atoms with Crippen LogP contribution >= 0.6 is 0 Å². The fraction of sp³-hybridized carbons (Fsp3) is 0.370. The lowest BCUT2D eigenvalue weighted by molar-refractivity contribution is 0.195. The average Bonchev–Trinajstić information content (AvgIpc) is 3.38. The smallest absolute Gasteiger partial charge is 0.274 e. The van der Waals surface area contributed by atoms with Gasteiger partial charge in [0.05, 0.1) is 30.1 Å². The van der Waals surface area contributed by atoms with Crippen LogP contribution in [0.25, 0.3) is 33.2 Å². The van der Waals surface area contributed by atoms with E-state index in [1.165, 1.54) is 0 Å². The van der Waals surface area contributed by atoms with Gasteiger partial charge in [-0.3, -0.25) is 19.5 Å². The summed E-state index contributed by atoms with van der Waals surface area (Å²) in [5.74, 6) is 1.16. The molecule has 8 heteroatoms. The first-order valence-corrected chi connectivity index (χ1v) is 12.2. The lowest BCUT2D eigenvalue weighted by atomic mass is 10.1. The van der Waals surface area contributed by atoms with Gasteiger partial charge in [-0.25, -0.2) is 9.97 Å². The molecule has 8 nitrogen and oxygen atoms in total. The molecule has 2 aliphatic heterocycles. The summed E-state index contributed by atoms with van der Waals surface area (Å²) in [6.45, 7) is 8.23. The zero-order chi connectivity index (χ0) is 24.1. The fourth-order valence-corrected chi connectivity index (χ4v) is 5.38. The number of rotatable bonds is 4. The Kier molecular flexibility index (Phi) is 5.33. The van der Waals surface area contributed by atoms with Crippen LogP contribution in [0.15, 0.2) is 47.8 Å². The molecule has 0 saturated carbocycles. The van der Waals surface area contributed by atoms with Crippen molar-refractivity contribution in [3.05, 3.63) is 58.9 Å². The predicted octanol–water partition coefficient (Wildman–Crippen LogP) is 3.92. The standard InChI is InChI=1S/C27H29N5O3/c1-4-5-7-17-13-21-25-22(14-17)35-18-12-16(2)31(15-18)10-11-32-27(33)20-9-6-8-19(23(20)30-32)24(29-25)26(28-21)34-3/h4,6,8-9,13-14,16,18,30H,1,5,7,10-12,15H2,2-3H3/t16-,18+/m1/s1. The highest BCUT2D eigenvalue weighted by atomic mass is 16.5. The van der Waals surface area contributed by atoms with E-state index in [-0.39, 0.29) is 11.7 Å². The number of nitrogens with zero attached hydrogens (tertiary/aromatic N) is 4. The van der Waals surface area contributed by atoms with Crippen LogP contribution in [0, 0.1) is 0 Å². The molecule has 4 aromatic rings. The number of para-hydroxylation sites is 1. The maximum Gasteiger partial charge on any atom is 0.274 e. The molecule has 0 aliphatic carbocycles. The third-order valence-corrected chi connectivity index (χ3v) is 7.21. The van der Waals surface area contributed by atoms with Gasteiger partial charge < -0.3 is 9.47 Å². The predicted molar refractivity (Wildman–Crippen MR) is 136 cm³/mol. The summed E-state index contributed by atoms with van der Waals surface area (Å²) in [6, 6.07) is 10.2. The Labute approximate surface area is 203 Å². The van der Waals surface area contributed by atoms with E-state index in [0.717, 1.165) is 60.3 Å². The topological polar surface area (TPSA) is 85.3 Å². The second kappa shape index (κ2) is 8.53. The summed E-state index contributed by atoms with van der Waals surface area (Å²) in [4.78, 5) is 25.5. The van der Waals surface area contributed by atoms with Gasteiger partial charge in [0.25, 0.3) is 5.56 Å². The highest BCUT2D eigenvalue weighted by Crippen LogP contribution is 2.37. The minimum Gasteiger partial charge on any atom is -0.487 e. The normalized spacial score (nSPS) is 21.4. The molecule has 180 valence electrons. The highest BCUT2D eigenvalue weighted by molar-refractivity contribution is 5.95. The van der Waals surface area contributed by atoms with Crippen LogP contribution in [-0.2, 0) is 13.0 Å². The molecule has 1 fully saturated rings. The van der Waals surface area contributed by atoms with Crippen LogP contribution in [0.3, 0.4) is 0 Å². The minimum absolute atomic E-state index is 0.0309. The quantitative estimate of drug-likeness (QED) is 0.454. The number of nitrogens with one attached hydrogen (secondary N) is 1. The number of hydrogen-bond donors (Lipinski definition) is 1. The van der Waals surface area contributed by atoms with Crippen LogP contribution in [0.2, 0.25) is 0 Å². The van der Waals surface area contributed by atoms with E-state index in [0.29, 0.717) is 35.1 Å². The first-order valence-electron chi connectivity index (χ1n) is 12.2. The van der Waals surface area contributed by atoms with Gasteiger partial charge in [-0.2, -0.15) is 0 Å². The zero-order valence-corrected chi connectivity index (χ0v) is 20.1. The molecule has 1 saturated heterocycles. The third-order valence-electron chi connectivity index (χ3n) is 7.21. The van der Waals surface area contributed by atoms with Crippen molar-refractivity contribution < 1.29 is 9.47 Å². The molecule has 1 unspecified atom stereocenters. The number of ether oxygens (including phenoxy) is 2. The van der Waals surface area contributed by atoms with Gasteiger partial charge in [0.15, 0.2) is 0 Å². The number of aromatic nitrogens is 4. The molecule has 0 spiro atoms. The molecule has 2 aromatic heterocycles. The van der Waals surface area contributed by atoms with E-state index >= 15 is 0 Å². The summed E-state index contributed by atoms with van der Waals surface area (Å²) in [6.07, 6.45) is 4.59. The highest BCUT2D eigenvalue weighted by Gasteiger charge is 2.31. The molecule has 35 heavy (non-hydrogen) atoms. The Morgan fingerprint density at radius 3 is 3.00 bits per heavy atom. The summed E-state index contributed by atoms with van der Waals surface area (Å²) in [7, 11) is 1.60. The Hall–Kier alpha value is -3.65. The van der Waals surface area contributed by atoms with Crippen molar-refractivity contribution in [2.24, 2.45) is 0 Å². The largest absolute Gasteiger partial charge is 0.487 e. The van der Waals surface area contributed by atoms with Crippen molar-refractivity contribution in [3.8, 4) is 22.9 Å². The molecule has 6 rings (SSSR count). The number of aryl methyl sites for hydroxylation is 1. The average molecular weight is 472 g/mol. The molecule has 3 atom stereocenters. The molecule has 0 radical (unpaired) electrons. The van der Waals surface area contributed by atoms with Crippen LogP contribution < -0.4 is 15.0 Å². The van der Waals surface area contributed by atoms with Crippen molar-refractivity contribution in [2.45, 2.75) is 44.9 Å². The second-order valence-corrected chi connectivity index (χ2v) is 9.49. The maximum absolute atomic E-state index is 13.2. The number of H-pyrrole nitrogens is 1. The maximum atomic E-state index is 13.2. The van der Waals surface area contributed by atoms with Gasteiger partial charge in [-0.15, -0.1) is 6.58 Å². The monoisotopic (exact) mass is 471 g/mol. The van der Waals surface area contributed by atoms with Gasteiger partial charge in [0, 0.05) is 31.1 Å². The third kappa shape index (κ3) is 3.69. The summed E-state index contributed by atoms with van der Waals surface area (Å²) in [5, 5.41) is 3.97. The number of methoxy groups -OCH3 is 1. The second-order valence-electron chi connectivity index (χ2n) is 9.49. The number of benzene rings is 2. The number of fused-ring (bicyclic) bond motifs is 5. The fourth-order valence-electron chi connectivity index (χ4n) is 5.38. The molecule has 2 aromatic carbocycles. The van der Waals surface area contributed by atoms with E-state index in [2.05, 4.69) is 35.6 Å². The van der Waals surface area contributed by atoms with Gasteiger partial charge in [0.2, 0.25) is 5.88 Å². The first-order chi connectivity index (χ1) is 17.1. The van der Waals surface area contributed by atoms with E-state index in [9.17, 15) is 4.79 Å². The lowest BCUT2D eigenvalue weighted by Crippen LogP contribution is -2.33. The van der Waals surface area contributed by atoms with Crippen LogP contribution in [0.5, 0.6) is 11.6 Å². The Morgan fingerprint density at radius 1 is 1.29 bits per heavy atom. The van der Waals surface area contributed by atoms with Gasteiger partial charge in [-0.05, 0) is 43.5 Å². The molecule has 4 heterocycles. The van der Waals surface area contributed by atoms with Crippen LogP contribution in [0.1, 0.15) is 25.3 Å². The lowest BCUT2D eigenvalue weighted by Gasteiger charge is -2.21. The van der Waals surface area contributed by atoms with Gasteiger partial charge in [-0.1, -0.05) is 18.2 Å². The van der Waals surface area contributed by atoms with E-state index < -0.39 is 0 Å². The number of hydrogen-bond acceptors (Lipinski definition) is 6. The van der Waals surface area contributed by atoms with Crippen molar-refractivity contribution >= 4 is 21.9 Å². The Balaban J connectivity index is 1.63. The minimum atomic E-state index is -0.0309. The molecule has 2 aliphatic rings. The summed E-state index contributed by atoms with van der Waals surface area (Å²) in [5.41, 5.74) is 4.63. The molecule has 6 bridgehead atoms. The van der Waals surface area contributed by atoms with Gasteiger partial charge >= 0.3 is 0 Å². The van der Waals surface area contributed by atoms with Crippen molar-refractivity contribution in [1.29, 1.82) is 0 Å².